The summed E-state index contributed by atoms with van der Waals surface area (Å²) < 4.78 is 2.00. The number of pyridine rings is 2. The van der Waals surface area contributed by atoms with E-state index in [1.807, 2.05) is 48.1 Å². The fraction of sp³-hybridized carbons (Fsp3) is 0.0278. The Kier molecular flexibility index (Phi) is 6.10. The zero-order valence-electron chi connectivity index (χ0n) is 22.4. The molecule has 41 heavy (non-hydrogen) atoms. The van der Waals surface area contributed by atoms with Gasteiger partial charge in [0.15, 0.2) is 0 Å². The highest BCUT2D eigenvalue weighted by molar-refractivity contribution is 5.96. The van der Waals surface area contributed by atoms with Crippen molar-refractivity contribution in [3.05, 3.63) is 134 Å². The predicted octanol–water partition coefficient (Wildman–Crippen LogP) is 8.40. The van der Waals surface area contributed by atoms with Crippen molar-refractivity contribution in [2.45, 2.75) is 0 Å². The summed E-state index contributed by atoms with van der Waals surface area (Å²) in [5.41, 5.74) is 10.9. The predicted molar refractivity (Wildman–Crippen MR) is 165 cm³/mol. The second kappa shape index (κ2) is 10.2. The zero-order chi connectivity index (χ0) is 27.8. The molecule has 4 aromatic carbocycles. The minimum Gasteiger partial charge on any atom is -0.493 e. The fourth-order valence-electron chi connectivity index (χ4n) is 5.39. The van der Waals surface area contributed by atoms with Crippen molar-refractivity contribution < 1.29 is 5.11 Å². The van der Waals surface area contributed by atoms with Crippen LogP contribution < -0.4 is 0 Å². The van der Waals surface area contributed by atoms with Crippen LogP contribution in [0.5, 0.6) is 5.88 Å². The third kappa shape index (κ3) is 4.53. The van der Waals surface area contributed by atoms with E-state index in [-0.39, 0.29) is 5.88 Å². The minimum absolute atomic E-state index is 0.0369. The second-order valence-electron chi connectivity index (χ2n) is 10.0. The topological polar surface area (TPSA) is 63.8 Å². The second-order valence-corrected chi connectivity index (χ2v) is 10.0. The van der Waals surface area contributed by atoms with Gasteiger partial charge >= 0.3 is 0 Å². The summed E-state index contributed by atoms with van der Waals surface area (Å²) in [5.74, 6) is 0.625. The maximum Gasteiger partial charge on any atom is 0.222 e. The Balaban J connectivity index is 1.43. The van der Waals surface area contributed by atoms with E-state index in [0.29, 0.717) is 11.4 Å². The molecule has 0 fully saturated rings. The summed E-state index contributed by atoms with van der Waals surface area (Å²) in [6.07, 6.45) is 3.45. The van der Waals surface area contributed by atoms with Crippen molar-refractivity contribution in [3.63, 3.8) is 0 Å². The summed E-state index contributed by atoms with van der Waals surface area (Å²) in [6.45, 7) is 0. The van der Waals surface area contributed by atoms with E-state index in [4.69, 9.17) is 9.97 Å². The van der Waals surface area contributed by atoms with E-state index in [9.17, 15) is 5.11 Å². The van der Waals surface area contributed by atoms with E-state index in [1.54, 1.807) is 6.20 Å². The van der Waals surface area contributed by atoms with Crippen molar-refractivity contribution in [1.82, 2.24) is 19.5 Å². The molecule has 5 heteroatoms. The molecule has 7 aromatic rings. The normalized spacial score (nSPS) is 11.1. The van der Waals surface area contributed by atoms with Crippen LogP contribution in [-0.4, -0.2) is 24.6 Å². The van der Waals surface area contributed by atoms with Gasteiger partial charge in [-0.15, -0.1) is 0 Å². The van der Waals surface area contributed by atoms with Crippen LogP contribution in [0.25, 0.3) is 67.1 Å². The van der Waals surface area contributed by atoms with Crippen LogP contribution in [0.15, 0.2) is 134 Å². The third-order valence-electron chi connectivity index (χ3n) is 7.45. The first-order chi connectivity index (χ1) is 20.2. The van der Waals surface area contributed by atoms with E-state index in [1.165, 1.54) is 0 Å². The highest BCUT2D eigenvalue weighted by Gasteiger charge is 2.18. The lowest BCUT2D eigenvalue weighted by Gasteiger charge is -2.12. The molecule has 0 saturated carbocycles. The Bertz CT molecular complexity index is 2010. The molecule has 1 N–H and O–H groups in total. The molecule has 3 aromatic heterocycles. The Morgan fingerprint density at radius 3 is 1.98 bits per heavy atom. The number of aryl methyl sites for hydroxylation is 1. The van der Waals surface area contributed by atoms with Gasteiger partial charge in [-0.1, -0.05) is 72.8 Å². The highest BCUT2D eigenvalue weighted by Crippen LogP contribution is 2.38. The Morgan fingerprint density at radius 2 is 1.22 bits per heavy atom. The van der Waals surface area contributed by atoms with Crippen molar-refractivity contribution in [2.24, 2.45) is 7.05 Å². The first kappa shape index (κ1) is 24.5. The lowest BCUT2D eigenvalue weighted by Crippen LogP contribution is -1.93. The van der Waals surface area contributed by atoms with Crippen LogP contribution in [-0.2, 0) is 7.05 Å². The van der Waals surface area contributed by atoms with Crippen LogP contribution in [0.3, 0.4) is 0 Å². The van der Waals surface area contributed by atoms with Crippen LogP contribution in [0, 0.1) is 0 Å². The SMILES string of the molecule is Cn1c(-c2cccnc2O)nc2c(-c3cc(-c4ccccc4)cc(-c4cc(-c5ccccc5)ccn4)c3)cccc21. The molecule has 0 atom stereocenters. The zero-order valence-corrected chi connectivity index (χ0v) is 22.4. The van der Waals surface area contributed by atoms with Gasteiger partial charge in [0, 0.05) is 30.6 Å². The molecule has 0 aliphatic carbocycles. The van der Waals surface area contributed by atoms with Crippen LogP contribution >= 0.6 is 0 Å². The maximum atomic E-state index is 10.5. The largest absolute Gasteiger partial charge is 0.493 e. The molecular formula is C36H26N4O. The summed E-state index contributed by atoms with van der Waals surface area (Å²) >= 11 is 0. The molecule has 7 rings (SSSR count). The number of aromatic hydroxyl groups is 1. The smallest absolute Gasteiger partial charge is 0.222 e. The molecule has 0 radical (unpaired) electrons. The van der Waals surface area contributed by atoms with Crippen LogP contribution in [0.1, 0.15) is 0 Å². The first-order valence-corrected chi connectivity index (χ1v) is 13.5. The van der Waals surface area contributed by atoms with Gasteiger partial charge in [0.1, 0.15) is 5.82 Å². The lowest BCUT2D eigenvalue weighted by atomic mass is 9.93. The Hall–Kier alpha value is -5.55. The van der Waals surface area contributed by atoms with Gasteiger partial charge in [0.05, 0.1) is 22.3 Å². The average Bonchev–Trinajstić information content (AvgIpc) is 3.38. The van der Waals surface area contributed by atoms with Crippen LogP contribution in [0.2, 0.25) is 0 Å². The molecule has 0 aliphatic heterocycles. The number of fused-ring (bicyclic) bond motifs is 1. The number of imidazole rings is 1. The van der Waals surface area contributed by atoms with Gasteiger partial charge in [0.25, 0.3) is 0 Å². The molecule has 3 heterocycles. The molecule has 0 amide bonds. The van der Waals surface area contributed by atoms with Gasteiger partial charge in [-0.05, 0) is 76.3 Å². The van der Waals surface area contributed by atoms with Gasteiger partial charge in [-0.3, -0.25) is 4.98 Å². The number of hydrogen-bond donors (Lipinski definition) is 1. The Labute approximate surface area is 238 Å². The molecule has 0 bridgehead atoms. The quantitative estimate of drug-likeness (QED) is 0.243. The van der Waals surface area contributed by atoms with E-state index >= 15 is 0 Å². The van der Waals surface area contributed by atoms with Crippen molar-refractivity contribution in [1.29, 1.82) is 0 Å². The Morgan fingerprint density at radius 1 is 0.537 bits per heavy atom. The van der Waals surface area contributed by atoms with Gasteiger partial charge in [-0.2, -0.15) is 0 Å². The number of nitrogens with zero attached hydrogens (tertiary/aromatic N) is 4. The summed E-state index contributed by atoms with van der Waals surface area (Å²) in [4.78, 5) is 13.9. The molecule has 0 unspecified atom stereocenters. The van der Waals surface area contributed by atoms with Crippen molar-refractivity contribution in [3.8, 4) is 61.9 Å². The number of benzene rings is 4. The third-order valence-corrected chi connectivity index (χ3v) is 7.45. The van der Waals surface area contributed by atoms with Crippen molar-refractivity contribution >= 4 is 11.0 Å². The number of aromatic nitrogens is 4. The van der Waals surface area contributed by atoms with Gasteiger partial charge < -0.3 is 9.67 Å². The molecular weight excluding hydrogens is 504 g/mol. The maximum absolute atomic E-state index is 10.5. The van der Waals surface area contributed by atoms with E-state index in [0.717, 1.165) is 55.7 Å². The van der Waals surface area contributed by atoms with Gasteiger partial charge in [0.2, 0.25) is 5.88 Å². The van der Waals surface area contributed by atoms with Gasteiger partial charge in [-0.25, -0.2) is 9.97 Å². The van der Waals surface area contributed by atoms with Crippen molar-refractivity contribution in [2.75, 3.05) is 0 Å². The monoisotopic (exact) mass is 530 g/mol. The molecule has 0 aliphatic rings. The summed E-state index contributed by atoms with van der Waals surface area (Å²) in [7, 11) is 1.96. The fourth-order valence-corrected chi connectivity index (χ4v) is 5.39. The summed E-state index contributed by atoms with van der Waals surface area (Å²) in [5, 5.41) is 10.5. The number of hydrogen-bond acceptors (Lipinski definition) is 4. The van der Waals surface area contributed by atoms with Crippen LogP contribution in [0.4, 0.5) is 0 Å². The van der Waals surface area contributed by atoms with E-state index in [2.05, 4.69) is 96.0 Å². The number of para-hydroxylation sites is 1. The average molecular weight is 531 g/mol. The van der Waals surface area contributed by atoms with E-state index < -0.39 is 0 Å². The molecule has 196 valence electrons. The highest BCUT2D eigenvalue weighted by atomic mass is 16.3. The molecule has 0 spiro atoms. The first-order valence-electron chi connectivity index (χ1n) is 13.5. The lowest BCUT2D eigenvalue weighted by molar-refractivity contribution is 0.455. The number of rotatable bonds is 5. The standard InChI is InChI=1S/C36H26N4O/c1-40-33-16-8-14-30(34(33)39-35(40)31-15-9-18-38-36(31)41)28-20-27(25-12-6-3-7-13-25)21-29(22-28)32-23-26(17-19-37-32)24-10-4-2-5-11-24/h2-23H,1H3,(H,38,41). The molecule has 5 nitrogen and oxygen atoms in total. The summed E-state index contributed by atoms with van der Waals surface area (Å²) in [6, 6.07) is 41.4. The minimum atomic E-state index is -0.0369. The molecule has 0 saturated heterocycles.